The third-order valence-corrected chi connectivity index (χ3v) is 3.08. The number of benzene rings is 1. The van der Waals surface area contributed by atoms with E-state index in [2.05, 4.69) is 4.98 Å². The van der Waals surface area contributed by atoms with Gasteiger partial charge in [-0.2, -0.15) is 10.5 Å². The number of aromatic nitrogens is 1. The third kappa shape index (κ3) is 2.16. The minimum Gasteiger partial charge on any atom is -0.507 e. The molecule has 104 valence electrons. The van der Waals surface area contributed by atoms with Crippen molar-refractivity contribution in [3.8, 4) is 29.0 Å². The number of aromatic hydroxyl groups is 1. The summed E-state index contributed by atoms with van der Waals surface area (Å²) in [5.41, 5.74) is 2.82. The zero-order valence-corrected chi connectivity index (χ0v) is 11.0. The fraction of sp³-hybridized carbons (Fsp3) is 0. The minimum absolute atomic E-state index is 0.331. The number of nitrogens with one attached hydrogen (secondary N) is 1. The lowest BCUT2D eigenvalue weighted by atomic mass is 9.95. The number of nitrogen functional groups attached to an aromatic ring is 1. The highest BCUT2D eigenvalue weighted by molar-refractivity contribution is 6.31. The van der Waals surface area contributed by atoms with Crippen LogP contribution < -0.4 is 11.3 Å². The van der Waals surface area contributed by atoms with Gasteiger partial charge in [0, 0.05) is 5.56 Å². The van der Waals surface area contributed by atoms with Gasteiger partial charge < -0.3 is 15.8 Å². The standard InChI is InChI=1S/C13H6ClFN4O2/c14-7-1-2-8(20)10(11(7)15)9-5(3-16)12(18)19-13(21)6(9)4-17/h1-2,20H,(H3,18,19,21). The Bertz CT molecular complexity index is 893. The zero-order valence-electron chi connectivity index (χ0n) is 10.2. The van der Waals surface area contributed by atoms with Crippen molar-refractivity contribution in [1.29, 1.82) is 10.5 Å². The van der Waals surface area contributed by atoms with E-state index in [4.69, 9.17) is 27.9 Å². The van der Waals surface area contributed by atoms with Crippen molar-refractivity contribution in [1.82, 2.24) is 4.98 Å². The van der Waals surface area contributed by atoms with Gasteiger partial charge in [-0.3, -0.25) is 4.79 Å². The predicted octanol–water partition coefficient (Wildman–Crippen LogP) is 1.87. The largest absolute Gasteiger partial charge is 0.507 e. The van der Waals surface area contributed by atoms with E-state index in [1.54, 1.807) is 12.1 Å². The summed E-state index contributed by atoms with van der Waals surface area (Å²) in [5.74, 6) is -1.97. The number of nitrogens with zero attached hydrogens (tertiary/aromatic N) is 2. The van der Waals surface area contributed by atoms with Gasteiger partial charge in [-0.15, -0.1) is 0 Å². The third-order valence-electron chi connectivity index (χ3n) is 2.79. The van der Waals surface area contributed by atoms with E-state index >= 15 is 0 Å². The average Bonchev–Trinajstić information content (AvgIpc) is 2.43. The molecule has 0 saturated carbocycles. The molecule has 8 heteroatoms. The molecule has 0 aliphatic carbocycles. The highest BCUT2D eigenvalue weighted by atomic mass is 35.5. The van der Waals surface area contributed by atoms with Crippen molar-refractivity contribution in [3.05, 3.63) is 44.5 Å². The quantitative estimate of drug-likeness (QED) is 0.741. The molecule has 4 N–H and O–H groups in total. The maximum absolute atomic E-state index is 14.2. The van der Waals surface area contributed by atoms with Gasteiger partial charge >= 0.3 is 0 Å². The lowest BCUT2D eigenvalue weighted by molar-refractivity contribution is 0.472. The van der Waals surface area contributed by atoms with Crippen LogP contribution >= 0.6 is 11.6 Å². The van der Waals surface area contributed by atoms with Crippen LogP contribution in [0.3, 0.4) is 0 Å². The van der Waals surface area contributed by atoms with E-state index < -0.39 is 33.8 Å². The molecule has 0 radical (unpaired) electrons. The van der Waals surface area contributed by atoms with Crippen molar-refractivity contribution in [2.75, 3.05) is 5.73 Å². The number of phenolic OH excluding ortho intramolecular Hbond substituents is 1. The van der Waals surface area contributed by atoms with Gasteiger partial charge in [0.2, 0.25) is 0 Å². The molecular weight excluding hydrogens is 299 g/mol. The fourth-order valence-corrected chi connectivity index (χ4v) is 2.03. The Morgan fingerprint density at radius 2 is 1.86 bits per heavy atom. The Balaban J connectivity index is 3.09. The molecule has 0 saturated heterocycles. The van der Waals surface area contributed by atoms with Crippen molar-refractivity contribution in [2.24, 2.45) is 0 Å². The monoisotopic (exact) mass is 304 g/mol. The fourth-order valence-electron chi connectivity index (χ4n) is 1.87. The SMILES string of the molecule is N#Cc1c(N)[nH]c(=O)c(C#N)c1-c1c(O)ccc(Cl)c1F. The number of pyridine rings is 1. The summed E-state index contributed by atoms with van der Waals surface area (Å²) >= 11 is 5.64. The molecule has 0 spiro atoms. The maximum Gasteiger partial charge on any atom is 0.268 e. The summed E-state index contributed by atoms with van der Waals surface area (Å²) in [6.07, 6.45) is 0. The van der Waals surface area contributed by atoms with Crippen molar-refractivity contribution in [2.45, 2.75) is 0 Å². The second-order valence-electron chi connectivity index (χ2n) is 3.97. The van der Waals surface area contributed by atoms with Crippen LogP contribution in [0.15, 0.2) is 16.9 Å². The second kappa shape index (κ2) is 5.16. The molecule has 0 atom stereocenters. The highest BCUT2D eigenvalue weighted by Crippen LogP contribution is 2.38. The Labute approximate surface area is 122 Å². The van der Waals surface area contributed by atoms with Gasteiger partial charge in [-0.1, -0.05) is 11.6 Å². The van der Waals surface area contributed by atoms with E-state index in [0.717, 1.165) is 12.1 Å². The molecular formula is C13H6ClFN4O2. The van der Waals surface area contributed by atoms with Gasteiger partial charge in [0.25, 0.3) is 5.56 Å². The highest BCUT2D eigenvalue weighted by Gasteiger charge is 2.24. The molecule has 2 rings (SSSR count). The lowest BCUT2D eigenvalue weighted by Gasteiger charge is -2.11. The average molecular weight is 305 g/mol. The number of rotatable bonds is 1. The molecule has 0 aliphatic rings. The molecule has 1 aromatic carbocycles. The molecule has 0 amide bonds. The molecule has 0 unspecified atom stereocenters. The minimum atomic E-state index is -1.06. The summed E-state index contributed by atoms with van der Waals surface area (Å²) in [6, 6.07) is 5.42. The summed E-state index contributed by atoms with van der Waals surface area (Å²) < 4.78 is 14.2. The van der Waals surface area contributed by atoms with Crippen molar-refractivity contribution in [3.63, 3.8) is 0 Å². The molecule has 0 bridgehead atoms. The number of H-pyrrole nitrogens is 1. The number of hydrogen-bond donors (Lipinski definition) is 3. The van der Waals surface area contributed by atoms with Crippen LogP contribution in [-0.4, -0.2) is 10.1 Å². The number of nitrogens with two attached hydrogens (primary N) is 1. The normalized spacial score (nSPS) is 9.90. The number of anilines is 1. The number of nitriles is 2. The maximum atomic E-state index is 14.2. The van der Waals surface area contributed by atoms with Gasteiger partial charge in [-0.05, 0) is 12.1 Å². The molecule has 2 aromatic rings. The molecule has 0 fully saturated rings. The van der Waals surface area contributed by atoms with Crippen LogP contribution in [0.5, 0.6) is 5.75 Å². The molecule has 1 heterocycles. The van der Waals surface area contributed by atoms with Gasteiger partial charge in [0.1, 0.15) is 34.8 Å². The van der Waals surface area contributed by atoms with Crippen molar-refractivity contribution < 1.29 is 9.50 Å². The number of hydrogen-bond acceptors (Lipinski definition) is 5. The zero-order chi connectivity index (χ0) is 15.7. The van der Waals surface area contributed by atoms with Crippen LogP contribution in [0.4, 0.5) is 10.2 Å². The smallest absolute Gasteiger partial charge is 0.268 e. The number of halogens is 2. The Morgan fingerprint density at radius 3 is 2.43 bits per heavy atom. The van der Waals surface area contributed by atoms with E-state index in [1.165, 1.54) is 0 Å². The molecule has 21 heavy (non-hydrogen) atoms. The summed E-state index contributed by atoms with van der Waals surface area (Å²) in [7, 11) is 0. The van der Waals surface area contributed by atoms with Crippen LogP contribution in [0.1, 0.15) is 11.1 Å². The van der Waals surface area contributed by atoms with Gasteiger partial charge in [0.15, 0.2) is 5.82 Å². The predicted molar refractivity (Wildman–Crippen MR) is 73.0 cm³/mol. The topological polar surface area (TPSA) is 127 Å². The first-order valence-corrected chi connectivity index (χ1v) is 5.83. The Hall–Kier alpha value is -3.03. The number of aromatic amines is 1. The Morgan fingerprint density at radius 1 is 1.24 bits per heavy atom. The summed E-state index contributed by atoms with van der Waals surface area (Å²) in [5, 5.41) is 27.7. The number of phenols is 1. The van der Waals surface area contributed by atoms with Crippen LogP contribution in [-0.2, 0) is 0 Å². The molecule has 1 aromatic heterocycles. The first kappa shape index (κ1) is 14.4. The van der Waals surface area contributed by atoms with E-state index in [0.29, 0.717) is 0 Å². The second-order valence-corrected chi connectivity index (χ2v) is 4.38. The lowest BCUT2D eigenvalue weighted by Crippen LogP contribution is -2.16. The summed E-state index contributed by atoms with van der Waals surface area (Å²) in [6.45, 7) is 0. The molecule has 0 aliphatic heterocycles. The van der Waals surface area contributed by atoms with Crippen LogP contribution in [0, 0.1) is 28.5 Å². The van der Waals surface area contributed by atoms with Crippen molar-refractivity contribution >= 4 is 17.4 Å². The van der Waals surface area contributed by atoms with Crippen LogP contribution in [0.25, 0.3) is 11.1 Å². The first-order chi connectivity index (χ1) is 9.92. The van der Waals surface area contributed by atoms with E-state index in [-0.39, 0.29) is 16.4 Å². The van der Waals surface area contributed by atoms with Crippen LogP contribution in [0.2, 0.25) is 5.02 Å². The van der Waals surface area contributed by atoms with E-state index in [1.807, 2.05) is 0 Å². The summed E-state index contributed by atoms with van der Waals surface area (Å²) in [4.78, 5) is 13.8. The Kier molecular flexibility index (Phi) is 3.53. The van der Waals surface area contributed by atoms with E-state index in [9.17, 15) is 14.3 Å². The van der Waals surface area contributed by atoms with Gasteiger partial charge in [-0.25, -0.2) is 4.39 Å². The molecule has 6 nitrogen and oxygen atoms in total. The van der Waals surface area contributed by atoms with Gasteiger partial charge in [0.05, 0.1) is 10.6 Å². The first-order valence-electron chi connectivity index (χ1n) is 5.45.